The molecule has 1 unspecified atom stereocenters. The van der Waals surface area contributed by atoms with Gasteiger partial charge in [-0.05, 0) is 50.3 Å². The van der Waals surface area contributed by atoms with E-state index < -0.39 is 10.2 Å². The number of hydrogen-bond donors (Lipinski definition) is 2. The summed E-state index contributed by atoms with van der Waals surface area (Å²) in [6.45, 7) is 3.59. The summed E-state index contributed by atoms with van der Waals surface area (Å²) in [5, 5.41) is 4.98. The zero-order valence-corrected chi connectivity index (χ0v) is 13.2. The van der Waals surface area contributed by atoms with E-state index in [2.05, 4.69) is 33.9 Å². The number of likely N-dealkylation sites (tertiary alicyclic amines) is 1. The largest absolute Gasteiger partial charge is 0.303 e. The van der Waals surface area contributed by atoms with Crippen LogP contribution in [0.2, 0.25) is 0 Å². The fourth-order valence-corrected chi connectivity index (χ4v) is 3.37. The first kappa shape index (κ1) is 16.4. The van der Waals surface area contributed by atoms with Gasteiger partial charge in [0, 0.05) is 13.1 Å². The molecule has 1 atom stereocenters. The molecule has 5 nitrogen and oxygen atoms in total. The molecule has 2 rings (SSSR count). The van der Waals surface area contributed by atoms with Crippen LogP contribution in [-0.2, 0) is 16.6 Å². The van der Waals surface area contributed by atoms with Gasteiger partial charge in [-0.1, -0.05) is 30.3 Å². The Hall–Kier alpha value is -0.950. The van der Waals surface area contributed by atoms with Gasteiger partial charge < -0.3 is 4.90 Å². The summed E-state index contributed by atoms with van der Waals surface area (Å²) in [6, 6.07) is 10.5. The highest BCUT2D eigenvalue weighted by Crippen LogP contribution is 2.16. The van der Waals surface area contributed by atoms with E-state index in [1.807, 2.05) is 6.07 Å². The van der Waals surface area contributed by atoms with Gasteiger partial charge in [0.25, 0.3) is 10.2 Å². The summed E-state index contributed by atoms with van der Waals surface area (Å²) in [7, 11) is -3.56. The van der Waals surface area contributed by atoms with Crippen molar-refractivity contribution in [2.24, 2.45) is 11.1 Å². The minimum absolute atomic E-state index is 0.369. The van der Waals surface area contributed by atoms with Crippen molar-refractivity contribution in [2.75, 3.05) is 26.2 Å². The summed E-state index contributed by atoms with van der Waals surface area (Å²) in [5.41, 5.74) is 1.38. The fourth-order valence-electron chi connectivity index (χ4n) is 2.91. The molecule has 0 bridgehead atoms. The number of benzene rings is 1. The standard InChI is InChI=1S/C15H25N3O2S/c16-21(19,20)17-12-15-9-5-11-18(13-15)10-4-8-14-6-2-1-3-7-14/h1-3,6-7,15,17H,4-5,8-13H2,(H2,16,19,20). The Morgan fingerprint density at radius 2 is 2.05 bits per heavy atom. The molecule has 21 heavy (non-hydrogen) atoms. The molecule has 0 spiro atoms. The van der Waals surface area contributed by atoms with Gasteiger partial charge in [-0.25, -0.2) is 9.86 Å². The second-order valence-electron chi connectivity index (χ2n) is 5.79. The Morgan fingerprint density at radius 1 is 1.29 bits per heavy atom. The Labute approximate surface area is 127 Å². The van der Waals surface area contributed by atoms with Crippen molar-refractivity contribution in [3.63, 3.8) is 0 Å². The van der Waals surface area contributed by atoms with E-state index in [9.17, 15) is 8.42 Å². The van der Waals surface area contributed by atoms with E-state index in [0.717, 1.165) is 45.3 Å². The van der Waals surface area contributed by atoms with E-state index in [0.29, 0.717) is 12.5 Å². The molecule has 1 heterocycles. The minimum atomic E-state index is -3.56. The smallest absolute Gasteiger partial charge is 0.274 e. The van der Waals surface area contributed by atoms with Crippen LogP contribution in [0.3, 0.4) is 0 Å². The van der Waals surface area contributed by atoms with Gasteiger partial charge in [0.05, 0.1) is 0 Å². The number of hydrogen-bond acceptors (Lipinski definition) is 3. The number of aryl methyl sites for hydroxylation is 1. The molecule has 0 radical (unpaired) electrons. The number of nitrogens with zero attached hydrogens (tertiary/aromatic N) is 1. The Bertz CT molecular complexity index is 519. The lowest BCUT2D eigenvalue weighted by molar-refractivity contribution is 0.174. The molecule has 3 N–H and O–H groups in total. The molecule has 6 heteroatoms. The van der Waals surface area contributed by atoms with Crippen molar-refractivity contribution in [1.82, 2.24) is 9.62 Å². The summed E-state index contributed by atoms with van der Waals surface area (Å²) in [6.07, 6.45) is 4.43. The lowest BCUT2D eigenvalue weighted by Gasteiger charge is -2.32. The molecule has 1 aromatic carbocycles. The molecule has 0 aliphatic carbocycles. The van der Waals surface area contributed by atoms with Crippen molar-refractivity contribution in [3.05, 3.63) is 35.9 Å². The number of nitrogens with one attached hydrogen (secondary N) is 1. The van der Waals surface area contributed by atoms with Crippen LogP contribution < -0.4 is 9.86 Å². The topological polar surface area (TPSA) is 75.4 Å². The highest BCUT2D eigenvalue weighted by molar-refractivity contribution is 7.87. The fraction of sp³-hybridized carbons (Fsp3) is 0.600. The van der Waals surface area contributed by atoms with Crippen LogP contribution in [-0.4, -0.2) is 39.5 Å². The Kier molecular flexibility index (Phi) is 6.17. The number of rotatable bonds is 7. The Balaban J connectivity index is 1.69. The second kappa shape index (κ2) is 7.89. The van der Waals surface area contributed by atoms with Crippen LogP contribution in [0.25, 0.3) is 0 Å². The van der Waals surface area contributed by atoms with E-state index in [1.54, 1.807) is 0 Å². The van der Waals surface area contributed by atoms with E-state index in [-0.39, 0.29) is 0 Å². The van der Waals surface area contributed by atoms with Gasteiger partial charge in [-0.2, -0.15) is 8.42 Å². The van der Waals surface area contributed by atoms with Crippen LogP contribution in [0.5, 0.6) is 0 Å². The average molecular weight is 311 g/mol. The third kappa shape index (κ3) is 6.56. The van der Waals surface area contributed by atoms with Gasteiger partial charge in [0.15, 0.2) is 0 Å². The monoisotopic (exact) mass is 311 g/mol. The quantitative estimate of drug-likeness (QED) is 0.792. The molecule has 118 valence electrons. The lowest BCUT2D eigenvalue weighted by atomic mass is 9.98. The zero-order valence-electron chi connectivity index (χ0n) is 12.4. The summed E-state index contributed by atoms with van der Waals surface area (Å²) in [5.74, 6) is 0.369. The molecule has 1 aliphatic rings. The predicted octanol–water partition coefficient (Wildman–Crippen LogP) is 1.12. The van der Waals surface area contributed by atoms with Gasteiger partial charge in [-0.15, -0.1) is 0 Å². The predicted molar refractivity (Wildman–Crippen MR) is 85.0 cm³/mol. The molecule has 1 fully saturated rings. The third-order valence-corrected chi connectivity index (χ3v) is 4.53. The minimum Gasteiger partial charge on any atom is -0.303 e. The van der Waals surface area contributed by atoms with Crippen molar-refractivity contribution in [1.29, 1.82) is 0 Å². The molecular formula is C15H25N3O2S. The van der Waals surface area contributed by atoms with E-state index >= 15 is 0 Å². The zero-order chi connectivity index (χ0) is 15.1. The molecular weight excluding hydrogens is 286 g/mol. The Morgan fingerprint density at radius 3 is 2.76 bits per heavy atom. The lowest BCUT2D eigenvalue weighted by Crippen LogP contribution is -2.42. The van der Waals surface area contributed by atoms with Gasteiger partial charge in [-0.3, -0.25) is 0 Å². The second-order valence-corrected chi connectivity index (χ2v) is 7.17. The van der Waals surface area contributed by atoms with Crippen LogP contribution in [0.4, 0.5) is 0 Å². The van der Waals surface area contributed by atoms with Crippen molar-refractivity contribution in [2.45, 2.75) is 25.7 Å². The van der Waals surface area contributed by atoms with Crippen molar-refractivity contribution >= 4 is 10.2 Å². The maximum Gasteiger partial charge on any atom is 0.274 e. The maximum absolute atomic E-state index is 10.9. The van der Waals surface area contributed by atoms with Crippen molar-refractivity contribution in [3.8, 4) is 0 Å². The molecule has 1 aliphatic heterocycles. The van der Waals surface area contributed by atoms with Crippen LogP contribution >= 0.6 is 0 Å². The summed E-state index contributed by atoms with van der Waals surface area (Å²) in [4.78, 5) is 2.43. The summed E-state index contributed by atoms with van der Waals surface area (Å²) >= 11 is 0. The van der Waals surface area contributed by atoms with Crippen LogP contribution in [0.15, 0.2) is 30.3 Å². The first-order chi connectivity index (χ1) is 10.0. The molecule has 1 saturated heterocycles. The molecule has 0 amide bonds. The molecule has 1 aromatic rings. The highest BCUT2D eigenvalue weighted by Gasteiger charge is 2.20. The number of piperidine rings is 1. The highest BCUT2D eigenvalue weighted by atomic mass is 32.2. The van der Waals surface area contributed by atoms with Gasteiger partial charge >= 0.3 is 0 Å². The molecule has 0 aromatic heterocycles. The first-order valence-corrected chi connectivity index (χ1v) is 9.11. The normalized spacial score (nSPS) is 20.5. The van der Waals surface area contributed by atoms with Crippen molar-refractivity contribution < 1.29 is 8.42 Å². The third-order valence-electron chi connectivity index (χ3n) is 3.96. The van der Waals surface area contributed by atoms with Gasteiger partial charge in [0.1, 0.15) is 0 Å². The van der Waals surface area contributed by atoms with E-state index in [4.69, 9.17) is 5.14 Å². The average Bonchev–Trinajstić information content (AvgIpc) is 2.46. The number of nitrogens with two attached hydrogens (primary N) is 1. The summed E-state index contributed by atoms with van der Waals surface area (Å²) < 4.78 is 24.3. The maximum atomic E-state index is 10.9. The first-order valence-electron chi connectivity index (χ1n) is 7.56. The van der Waals surface area contributed by atoms with Crippen LogP contribution in [0, 0.1) is 5.92 Å². The molecule has 0 saturated carbocycles. The van der Waals surface area contributed by atoms with Crippen LogP contribution in [0.1, 0.15) is 24.8 Å². The van der Waals surface area contributed by atoms with E-state index in [1.165, 1.54) is 5.56 Å². The SMILES string of the molecule is NS(=O)(=O)NCC1CCCN(CCCc2ccccc2)C1. The van der Waals surface area contributed by atoms with Gasteiger partial charge in [0.2, 0.25) is 0 Å².